The molecule has 2 N–H and O–H groups in total. The fraction of sp³-hybridized carbons (Fsp3) is 0. The summed E-state index contributed by atoms with van der Waals surface area (Å²) in [4.78, 5) is 9.53. The van der Waals surface area contributed by atoms with Crippen molar-refractivity contribution in [3.8, 4) is 23.0 Å². The molecule has 1 aromatic rings. The molecule has 2 rings (SSSR count). The first-order valence-electron chi connectivity index (χ1n) is 4.35. The molecule has 0 unspecified atom stereocenters. The molecule has 1 heterocycles. The number of benzene rings is 1. The molecule has 20 heavy (non-hydrogen) atoms. The Balaban J connectivity index is 2.91. The average Bonchev–Trinajstić information content (AvgIpc) is 2.20. The molecule has 12 nitrogen and oxygen atoms in total. The van der Waals surface area contributed by atoms with Gasteiger partial charge in [-0.05, 0) is 0 Å². The molecular formula is C6H3NO11S2. The van der Waals surface area contributed by atoms with E-state index in [0.29, 0.717) is 6.07 Å². The highest BCUT2D eigenvalue weighted by Gasteiger charge is 2.40. The molecule has 1 aliphatic heterocycles. The Hall–Kier alpha value is -2.32. The number of nitrogens with zero attached hydrogens (tertiary/aromatic N) is 1. The van der Waals surface area contributed by atoms with Crippen LogP contribution in [0.5, 0.6) is 23.0 Å². The van der Waals surface area contributed by atoms with Gasteiger partial charge in [-0.15, -0.1) is 0 Å². The van der Waals surface area contributed by atoms with Gasteiger partial charge in [0.15, 0.2) is 5.75 Å². The van der Waals surface area contributed by atoms with Crippen molar-refractivity contribution in [2.75, 3.05) is 0 Å². The van der Waals surface area contributed by atoms with Crippen LogP contribution in [-0.4, -0.2) is 32.0 Å². The van der Waals surface area contributed by atoms with Crippen LogP contribution in [0.2, 0.25) is 0 Å². The number of phenols is 2. The number of aromatic hydroxyl groups is 2. The summed E-state index contributed by atoms with van der Waals surface area (Å²) in [6.07, 6.45) is 0. The highest BCUT2D eigenvalue weighted by atomic mass is 32.3. The third kappa shape index (κ3) is 2.38. The van der Waals surface area contributed by atoms with E-state index in [-0.39, 0.29) is 0 Å². The molecule has 0 spiro atoms. The Labute approximate surface area is 110 Å². The van der Waals surface area contributed by atoms with Crippen LogP contribution < -0.4 is 8.37 Å². The molecule has 0 fully saturated rings. The standard InChI is InChI=1S/C6H3NO11S2/c8-2-1-3-4(7(10)11)6(5(2)9)17-20(14,15)18-19(12,13)16-3/h1,8-9H. The lowest BCUT2D eigenvalue weighted by atomic mass is 10.2. The molecular weight excluding hydrogens is 326 g/mol. The zero-order valence-electron chi connectivity index (χ0n) is 8.91. The van der Waals surface area contributed by atoms with Crippen molar-refractivity contribution in [1.82, 2.24) is 0 Å². The summed E-state index contributed by atoms with van der Waals surface area (Å²) >= 11 is 0. The van der Waals surface area contributed by atoms with E-state index in [9.17, 15) is 37.2 Å². The third-order valence-corrected chi connectivity index (χ3v) is 3.99. The summed E-state index contributed by atoms with van der Waals surface area (Å²) in [5, 5.41) is 29.4. The first-order chi connectivity index (χ1) is 9.02. The maximum atomic E-state index is 11.2. The molecule has 14 heteroatoms. The summed E-state index contributed by atoms with van der Waals surface area (Å²) in [5.74, 6) is -4.86. The van der Waals surface area contributed by atoms with Crippen LogP contribution in [0.15, 0.2) is 6.07 Å². The van der Waals surface area contributed by atoms with Gasteiger partial charge in [0, 0.05) is 6.07 Å². The Kier molecular flexibility index (Phi) is 2.88. The van der Waals surface area contributed by atoms with Crippen LogP contribution in [0.25, 0.3) is 0 Å². The van der Waals surface area contributed by atoms with Crippen LogP contribution >= 0.6 is 0 Å². The van der Waals surface area contributed by atoms with Crippen molar-refractivity contribution in [2.24, 2.45) is 0 Å². The highest BCUT2D eigenvalue weighted by molar-refractivity contribution is 7.95. The number of hydrogen-bond donors (Lipinski definition) is 2. The van der Waals surface area contributed by atoms with Gasteiger partial charge in [-0.1, -0.05) is 3.63 Å². The normalized spacial score (nSPS) is 19.0. The SMILES string of the molecule is O=[N+]([O-])c1c2cc(O)c(O)c1OS(=O)(=O)OS(=O)(=O)O2. The average molecular weight is 329 g/mol. The fourth-order valence-electron chi connectivity index (χ4n) is 1.26. The zero-order valence-corrected chi connectivity index (χ0v) is 10.5. The van der Waals surface area contributed by atoms with Crippen LogP contribution in [0.3, 0.4) is 0 Å². The predicted molar refractivity (Wildman–Crippen MR) is 56.6 cm³/mol. The molecule has 0 amide bonds. The molecule has 1 aromatic carbocycles. The number of hydrogen-bond acceptors (Lipinski definition) is 11. The first-order valence-corrected chi connectivity index (χ1v) is 7.02. The van der Waals surface area contributed by atoms with Crippen molar-refractivity contribution in [2.45, 2.75) is 0 Å². The number of rotatable bonds is 1. The molecule has 110 valence electrons. The van der Waals surface area contributed by atoms with Gasteiger partial charge in [0.1, 0.15) is 0 Å². The van der Waals surface area contributed by atoms with Crippen molar-refractivity contribution in [1.29, 1.82) is 0 Å². The minimum Gasteiger partial charge on any atom is -0.504 e. The summed E-state index contributed by atoms with van der Waals surface area (Å²) in [5.41, 5.74) is -1.32. The molecule has 0 aliphatic carbocycles. The topological polar surface area (TPSA) is 180 Å². The number of fused-ring (bicyclic) bond motifs is 2. The first kappa shape index (κ1) is 14.1. The van der Waals surface area contributed by atoms with Gasteiger partial charge in [0.2, 0.25) is 11.5 Å². The van der Waals surface area contributed by atoms with Crippen LogP contribution in [0.1, 0.15) is 0 Å². The fourth-order valence-corrected chi connectivity index (χ4v) is 3.01. The summed E-state index contributed by atoms with van der Waals surface area (Å²) in [6, 6.07) is 0.374. The van der Waals surface area contributed by atoms with Gasteiger partial charge in [-0.3, -0.25) is 10.1 Å². The monoisotopic (exact) mass is 329 g/mol. The second kappa shape index (κ2) is 4.09. The summed E-state index contributed by atoms with van der Waals surface area (Å²) in [6.45, 7) is 0. The predicted octanol–water partition coefficient (Wildman–Crippen LogP) is -0.717. The van der Waals surface area contributed by atoms with Gasteiger partial charge in [0.25, 0.3) is 5.75 Å². The molecule has 1 aliphatic rings. The minimum atomic E-state index is -5.33. The van der Waals surface area contributed by atoms with Crippen molar-refractivity contribution < 1.29 is 44.0 Å². The molecule has 0 saturated carbocycles. The van der Waals surface area contributed by atoms with E-state index in [1.54, 1.807) is 0 Å². The van der Waals surface area contributed by atoms with Gasteiger partial charge in [0.05, 0.1) is 4.92 Å². The molecule has 2 bridgehead atoms. The number of nitro groups is 1. The largest absolute Gasteiger partial charge is 0.504 e. The lowest BCUT2D eigenvalue weighted by molar-refractivity contribution is -0.386. The second-order valence-electron chi connectivity index (χ2n) is 3.23. The molecule has 0 radical (unpaired) electrons. The van der Waals surface area contributed by atoms with E-state index in [4.69, 9.17) is 0 Å². The zero-order chi connectivity index (χ0) is 15.3. The van der Waals surface area contributed by atoms with Gasteiger partial charge in [-0.25, -0.2) is 0 Å². The van der Waals surface area contributed by atoms with E-state index in [2.05, 4.69) is 12.0 Å². The Morgan fingerprint density at radius 1 is 1.10 bits per heavy atom. The second-order valence-corrected chi connectivity index (χ2v) is 5.74. The van der Waals surface area contributed by atoms with Crippen LogP contribution in [-0.2, 0) is 24.4 Å². The van der Waals surface area contributed by atoms with Crippen LogP contribution in [0.4, 0.5) is 5.69 Å². The van der Waals surface area contributed by atoms with E-state index >= 15 is 0 Å². The van der Waals surface area contributed by atoms with Gasteiger partial charge >= 0.3 is 26.5 Å². The summed E-state index contributed by atoms with van der Waals surface area (Å²) < 4.78 is 56.1. The van der Waals surface area contributed by atoms with E-state index in [1.165, 1.54) is 0 Å². The molecule has 0 aromatic heterocycles. The molecule has 0 saturated heterocycles. The van der Waals surface area contributed by atoms with E-state index in [1.807, 2.05) is 0 Å². The third-order valence-electron chi connectivity index (χ3n) is 1.90. The Bertz CT molecular complexity index is 808. The van der Waals surface area contributed by atoms with Crippen molar-refractivity contribution >= 4 is 26.5 Å². The van der Waals surface area contributed by atoms with E-state index in [0.717, 1.165) is 0 Å². The Morgan fingerprint density at radius 3 is 2.20 bits per heavy atom. The smallest absolute Gasteiger partial charge is 0.466 e. The molecule has 0 atom stereocenters. The maximum absolute atomic E-state index is 11.2. The minimum absolute atomic E-state index is 0.374. The van der Waals surface area contributed by atoms with Crippen molar-refractivity contribution in [3.05, 3.63) is 16.2 Å². The number of phenolic OH excluding ortho intramolecular Hbond substituents is 2. The maximum Gasteiger partial charge on any atom is 0.466 e. The number of nitro benzene ring substituents is 1. The summed E-state index contributed by atoms with van der Waals surface area (Å²) in [7, 11) is -10.6. The highest BCUT2D eigenvalue weighted by Crippen LogP contribution is 2.50. The van der Waals surface area contributed by atoms with Crippen molar-refractivity contribution in [3.63, 3.8) is 0 Å². The Morgan fingerprint density at radius 2 is 1.65 bits per heavy atom. The van der Waals surface area contributed by atoms with E-state index < -0.39 is 54.4 Å². The van der Waals surface area contributed by atoms with Crippen LogP contribution in [0, 0.1) is 10.1 Å². The van der Waals surface area contributed by atoms with Gasteiger partial charge < -0.3 is 18.6 Å². The lowest BCUT2D eigenvalue weighted by Crippen LogP contribution is -2.25. The quantitative estimate of drug-likeness (QED) is 0.377. The van der Waals surface area contributed by atoms with Gasteiger partial charge in [-0.2, -0.15) is 16.8 Å². The lowest BCUT2D eigenvalue weighted by Gasteiger charge is -2.15.